The molecule has 0 radical (unpaired) electrons. The van der Waals surface area contributed by atoms with Gasteiger partial charge in [-0.25, -0.2) is 4.39 Å². The molecular weight excluding hydrogens is 317 g/mol. The van der Waals surface area contributed by atoms with E-state index in [1.165, 1.54) is 23.3 Å². The lowest BCUT2D eigenvalue weighted by molar-refractivity contribution is 0.121. The summed E-state index contributed by atoms with van der Waals surface area (Å²) < 4.78 is 18.6. The molecule has 0 unspecified atom stereocenters. The maximum absolute atomic E-state index is 12.9. The van der Waals surface area contributed by atoms with Crippen molar-refractivity contribution in [3.63, 3.8) is 0 Å². The Morgan fingerprint density at radius 1 is 1.00 bits per heavy atom. The van der Waals surface area contributed by atoms with E-state index in [-0.39, 0.29) is 5.82 Å². The second-order valence-corrected chi connectivity index (χ2v) is 5.73. The van der Waals surface area contributed by atoms with E-state index in [4.69, 9.17) is 4.74 Å². The molecule has 0 spiro atoms. The minimum absolute atomic E-state index is 0.229. The van der Waals surface area contributed by atoms with Crippen molar-refractivity contribution in [2.75, 3.05) is 13.7 Å². The van der Waals surface area contributed by atoms with Crippen LogP contribution in [-0.2, 0) is 24.4 Å². The van der Waals surface area contributed by atoms with Gasteiger partial charge >= 0.3 is 0 Å². The highest BCUT2D eigenvalue weighted by molar-refractivity contribution is 5.79. The number of benzene rings is 2. The fraction of sp³-hybridized carbons (Fsp3) is 0.350. The predicted octanol–water partition coefficient (Wildman–Crippen LogP) is 3.62. The van der Waals surface area contributed by atoms with Gasteiger partial charge in [-0.05, 0) is 35.2 Å². The molecule has 2 aromatic carbocycles. The van der Waals surface area contributed by atoms with Gasteiger partial charge in [-0.3, -0.25) is 4.99 Å². The van der Waals surface area contributed by atoms with Gasteiger partial charge in [-0.2, -0.15) is 0 Å². The number of nitrogens with one attached hydrogen (secondary N) is 2. The van der Waals surface area contributed by atoms with E-state index < -0.39 is 0 Å². The molecule has 2 rings (SSSR count). The molecule has 2 N–H and O–H groups in total. The van der Waals surface area contributed by atoms with Crippen LogP contribution in [0.4, 0.5) is 4.39 Å². The van der Waals surface area contributed by atoms with Crippen LogP contribution in [0.2, 0.25) is 0 Å². The van der Waals surface area contributed by atoms with Crippen LogP contribution in [0.1, 0.15) is 30.0 Å². The van der Waals surface area contributed by atoms with Gasteiger partial charge in [-0.15, -0.1) is 0 Å². The normalized spacial score (nSPS) is 11.4. The first-order valence-electron chi connectivity index (χ1n) is 8.56. The Kier molecular flexibility index (Phi) is 7.92. The van der Waals surface area contributed by atoms with E-state index in [9.17, 15) is 4.39 Å². The summed E-state index contributed by atoms with van der Waals surface area (Å²) in [7, 11) is 1.73. The Hall–Kier alpha value is -2.40. The summed E-state index contributed by atoms with van der Waals surface area (Å²) in [6.07, 6.45) is 1.01. The van der Waals surface area contributed by atoms with Crippen molar-refractivity contribution >= 4 is 5.96 Å². The monoisotopic (exact) mass is 343 g/mol. The first kappa shape index (κ1) is 18.9. The number of hydrogen-bond acceptors (Lipinski definition) is 2. The number of halogens is 1. The van der Waals surface area contributed by atoms with Crippen LogP contribution in [-0.4, -0.2) is 19.6 Å². The lowest BCUT2D eigenvalue weighted by atomic mass is 10.1. The Labute approximate surface area is 149 Å². The largest absolute Gasteiger partial charge is 0.377 e. The van der Waals surface area contributed by atoms with Gasteiger partial charge < -0.3 is 15.4 Å². The van der Waals surface area contributed by atoms with E-state index in [1.807, 2.05) is 12.1 Å². The molecule has 0 atom stereocenters. The molecule has 0 saturated heterocycles. The van der Waals surface area contributed by atoms with Crippen molar-refractivity contribution < 1.29 is 9.13 Å². The summed E-state index contributed by atoms with van der Waals surface area (Å²) in [6.45, 7) is 4.73. The van der Waals surface area contributed by atoms with Crippen molar-refractivity contribution in [2.24, 2.45) is 4.99 Å². The highest BCUT2D eigenvalue weighted by Gasteiger charge is 2.04. The molecule has 0 saturated carbocycles. The van der Waals surface area contributed by atoms with Gasteiger partial charge in [0.05, 0.1) is 6.61 Å². The summed E-state index contributed by atoms with van der Waals surface area (Å²) >= 11 is 0. The van der Waals surface area contributed by atoms with Crippen LogP contribution in [0.15, 0.2) is 53.5 Å². The molecule has 0 bridgehead atoms. The lowest BCUT2D eigenvalue weighted by Gasteiger charge is -2.14. The summed E-state index contributed by atoms with van der Waals surface area (Å²) in [4.78, 5) is 4.23. The smallest absolute Gasteiger partial charge is 0.191 e. The number of ether oxygens (including phenoxy) is 1. The van der Waals surface area contributed by atoms with Crippen LogP contribution in [0.5, 0.6) is 0 Å². The summed E-state index contributed by atoms with van der Waals surface area (Å²) in [5, 5.41) is 6.54. The number of nitrogens with zero attached hydrogens (tertiary/aromatic N) is 1. The zero-order valence-corrected chi connectivity index (χ0v) is 14.9. The van der Waals surface area contributed by atoms with Crippen molar-refractivity contribution in [3.8, 4) is 0 Å². The highest BCUT2D eigenvalue weighted by Crippen LogP contribution is 2.10. The average molecular weight is 343 g/mol. The lowest BCUT2D eigenvalue weighted by Crippen LogP contribution is -2.36. The number of aliphatic imine (C=N–C) groups is 1. The minimum atomic E-state index is -0.229. The van der Waals surface area contributed by atoms with Crippen LogP contribution in [0.3, 0.4) is 0 Å². The third-order valence-corrected chi connectivity index (χ3v) is 3.77. The quantitative estimate of drug-likeness (QED) is 0.437. The molecule has 2 aromatic rings. The molecule has 134 valence electrons. The maximum Gasteiger partial charge on any atom is 0.191 e. The number of guanidine groups is 1. The molecule has 0 amide bonds. The van der Waals surface area contributed by atoms with Gasteiger partial charge in [0, 0.05) is 26.7 Å². The molecule has 0 aromatic heterocycles. The van der Waals surface area contributed by atoms with Gasteiger partial charge in [0.1, 0.15) is 5.82 Å². The molecule has 5 heteroatoms. The molecule has 0 aliphatic carbocycles. The van der Waals surface area contributed by atoms with Gasteiger partial charge in [-0.1, -0.05) is 43.3 Å². The van der Waals surface area contributed by atoms with Crippen molar-refractivity contribution in [2.45, 2.75) is 33.0 Å². The Morgan fingerprint density at radius 2 is 1.68 bits per heavy atom. The van der Waals surface area contributed by atoms with E-state index in [1.54, 1.807) is 19.2 Å². The standard InChI is InChI=1S/C20H26FN3O/c1-3-12-25-15-18-7-5-4-6-17(18)14-24-20(22-2)23-13-16-8-10-19(21)11-9-16/h4-11H,3,12-15H2,1-2H3,(H2,22,23,24). The second-order valence-electron chi connectivity index (χ2n) is 5.73. The third kappa shape index (κ3) is 6.55. The van der Waals surface area contributed by atoms with Crippen LogP contribution in [0, 0.1) is 5.82 Å². The predicted molar refractivity (Wildman–Crippen MR) is 99.8 cm³/mol. The number of hydrogen-bond donors (Lipinski definition) is 2. The maximum atomic E-state index is 12.9. The van der Waals surface area contributed by atoms with E-state index >= 15 is 0 Å². The Morgan fingerprint density at radius 3 is 2.36 bits per heavy atom. The molecular formula is C20H26FN3O. The highest BCUT2D eigenvalue weighted by atomic mass is 19.1. The first-order valence-corrected chi connectivity index (χ1v) is 8.56. The Bertz CT molecular complexity index is 671. The average Bonchev–Trinajstić information content (AvgIpc) is 2.64. The summed E-state index contributed by atoms with van der Waals surface area (Å²) in [6, 6.07) is 14.7. The van der Waals surface area contributed by atoms with Crippen molar-refractivity contribution in [1.29, 1.82) is 0 Å². The molecule has 0 heterocycles. The first-order chi connectivity index (χ1) is 12.2. The second kappa shape index (κ2) is 10.5. The van der Waals surface area contributed by atoms with Crippen LogP contribution in [0.25, 0.3) is 0 Å². The van der Waals surface area contributed by atoms with Gasteiger partial charge in [0.15, 0.2) is 5.96 Å². The van der Waals surface area contributed by atoms with E-state index in [0.29, 0.717) is 25.7 Å². The van der Waals surface area contributed by atoms with Gasteiger partial charge in [0.2, 0.25) is 0 Å². The molecule has 25 heavy (non-hydrogen) atoms. The topological polar surface area (TPSA) is 45.6 Å². The van der Waals surface area contributed by atoms with Crippen molar-refractivity contribution in [3.05, 3.63) is 71.0 Å². The minimum Gasteiger partial charge on any atom is -0.377 e. The van der Waals surface area contributed by atoms with E-state index in [0.717, 1.165) is 18.6 Å². The van der Waals surface area contributed by atoms with Crippen LogP contribution < -0.4 is 10.6 Å². The zero-order valence-electron chi connectivity index (χ0n) is 14.9. The zero-order chi connectivity index (χ0) is 17.9. The summed E-state index contributed by atoms with van der Waals surface area (Å²) in [5.74, 6) is 0.474. The van der Waals surface area contributed by atoms with Gasteiger partial charge in [0.25, 0.3) is 0 Å². The van der Waals surface area contributed by atoms with Crippen molar-refractivity contribution in [1.82, 2.24) is 10.6 Å². The number of rotatable bonds is 8. The molecule has 0 aliphatic heterocycles. The van der Waals surface area contributed by atoms with E-state index in [2.05, 4.69) is 34.7 Å². The van der Waals surface area contributed by atoms with Crippen LogP contribution >= 0.6 is 0 Å². The summed E-state index contributed by atoms with van der Waals surface area (Å²) in [5.41, 5.74) is 3.36. The SMILES string of the molecule is CCCOCc1ccccc1CNC(=NC)NCc1ccc(F)cc1. The fourth-order valence-electron chi connectivity index (χ4n) is 2.38. The fourth-order valence-corrected chi connectivity index (χ4v) is 2.38. The molecule has 0 aliphatic rings. The molecule has 4 nitrogen and oxygen atoms in total. The molecule has 0 fully saturated rings. The Balaban J connectivity index is 1.87. The third-order valence-electron chi connectivity index (χ3n) is 3.77.